The minimum Gasteiger partial charge on any atom is -0.490 e. The standard InChI is InChI=1S/C23H29FN2O2/c1-17-7-6-8-18(2)23(17)28-20-11-13-26(14-12-20)16-22(27)25(3)15-19-9-4-5-10-21(19)24/h4-10,20H,11-16H2,1-3H3. The number of likely N-dealkylation sites (tertiary alicyclic amines) is 1. The molecule has 0 N–H and O–H groups in total. The second kappa shape index (κ2) is 9.20. The van der Waals surface area contributed by atoms with Gasteiger partial charge in [-0.2, -0.15) is 0 Å². The van der Waals surface area contributed by atoms with Gasteiger partial charge in [0, 0.05) is 32.2 Å². The fourth-order valence-corrected chi connectivity index (χ4v) is 3.62. The molecule has 1 aliphatic rings. The van der Waals surface area contributed by atoms with Crippen LogP contribution in [0.3, 0.4) is 0 Å². The number of benzene rings is 2. The molecule has 4 nitrogen and oxygen atoms in total. The molecular weight excluding hydrogens is 355 g/mol. The van der Waals surface area contributed by atoms with E-state index in [0.717, 1.165) is 42.8 Å². The van der Waals surface area contributed by atoms with Crippen LogP contribution in [0.2, 0.25) is 0 Å². The molecule has 0 bridgehead atoms. The third-order valence-electron chi connectivity index (χ3n) is 5.38. The summed E-state index contributed by atoms with van der Waals surface area (Å²) in [5, 5.41) is 0. The van der Waals surface area contributed by atoms with Crippen LogP contribution >= 0.6 is 0 Å². The van der Waals surface area contributed by atoms with E-state index < -0.39 is 0 Å². The number of rotatable bonds is 6. The molecule has 2 aromatic carbocycles. The van der Waals surface area contributed by atoms with Crippen LogP contribution in [0, 0.1) is 19.7 Å². The summed E-state index contributed by atoms with van der Waals surface area (Å²) in [4.78, 5) is 16.3. The van der Waals surface area contributed by atoms with Crippen LogP contribution in [0.4, 0.5) is 4.39 Å². The summed E-state index contributed by atoms with van der Waals surface area (Å²) in [6.45, 7) is 6.45. The zero-order chi connectivity index (χ0) is 20.1. The van der Waals surface area contributed by atoms with Gasteiger partial charge in [-0.15, -0.1) is 0 Å². The van der Waals surface area contributed by atoms with E-state index in [4.69, 9.17) is 4.74 Å². The largest absolute Gasteiger partial charge is 0.490 e. The fourth-order valence-electron chi connectivity index (χ4n) is 3.62. The molecule has 0 unspecified atom stereocenters. The molecule has 0 atom stereocenters. The highest BCUT2D eigenvalue weighted by molar-refractivity contribution is 5.78. The fraction of sp³-hybridized carbons (Fsp3) is 0.435. The average Bonchev–Trinajstić information content (AvgIpc) is 2.68. The molecule has 1 fully saturated rings. The van der Waals surface area contributed by atoms with E-state index in [1.165, 1.54) is 6.07 Å². The Kier molecular flexibility index (Phi) is 6.68. The number of carbonyl (C=O) groups excluding carboxylic acids is 1. The summed E-state index contributed by atoms with van der Waals surface area (Å²) >= 11 is 0. The van der Waals surface area contributed by atoms with Crippen LogP contribution in [0.5, 0.6) is 5.75 Å². The minimum absolute atomic E-state index is 0.0115. The van der Waals surface area contributed by atoms with Gasteiger partial charge < -0.3 is 9.64 Å². The first-order valence-corrected chi connectivity index (χ1v) is 9.86. The molecule has 0 aliphatic carbocycles. The van der Waals surface area contributed by atoms with E-state index >= 15 is 0 Å². The number of halogens is 1. The van der Waals surface area contributed by atoms with Crippen LogP contribution in [-0.4, -0.2) is 48.5 Å². The van der Waals surface area contributed by atoms with Crippen molar-refractivity contribution in [1.29, 1.82) is 0 Å². The predicted molar refractivity (Wildman–Crippen MR) is 109 cm³/mol. The van der Waals surface area contributed by atoms with E-state index in [0.29, 0.717) is 12.1 Å². The number of carbonyl (C=O) groups is 1. The van der Waals surface area contributed by atoms with Crippen molar-refractivity contribution in [1.82, 2.24) is 9.80 Å². The maximum atomic E-state index is 13.8. The number of likely N-dealkylation sites (N-methyl/N-ethyl adjacent to an activating group) is 1. The quantitative estimate of drug-likeness (QED) is 0.756. The lowest BCUT2D eigenvalue weighted by atomic mass is 10.1. The summed E-state index contributed by atoms with van der Waals surface area (Å²) in [6.07, 6.45) is 1.98. The summed E-state index contributed by atoms with van der Waals surface area (Å²) in [6, 6.07) is 12.8. The SMILES string of the molecule is Cc1cccc(C)c1OC1CCN(CC(=O)N(C)Cc2ccccc2F)CC1. The lowest BCUT2D eigenvalue weighted by Gasteiger charge is -2.33. The van der Waals surface area contributed by atoms with Crippen molar-refractivity contribution < 1.29 is 13.9 Å². The lowest BCUT2D eigenvalue weighted by molar-refractivity contribution is -0.132. The maximum Gasteiger partial charge on any atom is 0.236 e. The maximum absolute atomic E-state index is 13.8. The Morgan fingerprint density at radius 2 is 1.75 bits per heavy atom. The van der Waals surface area contributed by atoms with Crippen molar-refractivity contribution in [2.24, 2.45) is 0 Å². The Bertz CT molecular complexity index is 796. The van der Waals surface area contributed by atoms with Crippen LogP contribution in [0.15, 0.2) is 42.5 Å². The van der Waals surface area contributed by atoms with Gasteiger partial charge in [0.25, 0.3) is 0 Å². The molecule has 0 spiro atoms. The Hall–Kier alpha value is -2.40. The Morgan fingerprint density at radius 1 is 1.11 bits per heavy atom. The first kappa shape index (κ1) is 20.3. The summed E-state index contributed by atoms with van der Waals surface area (Å²) in [5.74, 6) is 0.727. The molecule has 1 aliphatic heterocycles. The number of piperidine rings is 1. The predicted octanol–water partition coefficient (Wildman–Crippen LogP) is 3.94. The van der Waals surface area contributed by atoms with E-state index in [9.17, 15) is 9.18 Å². The topological polar surface area (TPSA) is 32.8 Å². The number of para-hydroxylation sites is 1. The van der Waals surface area contributed by atoms with E-state index in [-0.39, 0.29) is 24.4 Å². The van der Waals surface area contributed by atoms with Crippen LogP contribution in [0.25, 0.3) is 0 Å². The third-order valence-corrected chi connectivity index (χ3v) is 5.38. The van der Waals surface area contributed by atoms with E-state index in [1.54, 1.807) is 30.1 Å². The van der Waals surface area contributed by atoms with Gasteiger partial charge in [0.15, 0.2) is 0 Å². The summed E-state index contributed by atoms with van der Waals surface area (Å²) in [5.41, 5.74) is 2.86. The smallest absolute Gasteiger partial charge is 0.236 e. The van der Waals surface area contributed by atoms with Crippen LogP contribution in [0.1, 0.15) is 29.5 Å². The first-order chi connectivity index (χ1) is 13.4. The van der Waals surface area contributed by atoms with Gasteiger partial charge in [0.2, 0.25) is 5.91 Å². The van der Waals surface area contributed by atoms with Crippen molar-refractivity contribution >= 4 is 5.91 Å². The number of aryl methyl sites for hydroxylation is 2. The third kappa shape index (κ3) is 5.10. The van der Waals surface area contributed by atoms with Gasteiger partial charge in [-0.25, -0.2) is 4.39 Å². The molecular formula is C23H29FN2O2. The molecule has 1 saturated heterocycles. The number of nitrogens with zero attached hydrogens (tertiary/aromatic N) is 2. The summed E-state index contributed by atoms with van der Waals surface area (Å²) in [7, 11) is 1.73. The van der Waals surface area contributed by atoms with Crippen LogP contribution in [-0.2, 0) is 11.3 Å². The molecule has 3 rings (SSSR count). The molecule has 0 saturated carbocycles. The molecule has 0 aromatic heterocycles. The second-order valence-electron chi connectivity index (χ2n) is 7.66. The van der Waals surface area contributed by atoms with Crippen molar-refractivity contribution in [3.63, 3.8) is 0 Å². The molecule has 1 amide bonds. The molecule has 5 heteroatoms. The normalized spacial score (nSPS) is 15.4. The minimum atomic E-state index is -0.272. The number of hydrogen-bond acceptors (Lipinski definition) is 3. The first-order valence-electron chi connectivity index (χ1n) is 9.86. The molecule has 2 aromatic rings. The molecule has 28 heavy (non-hydrogen) atoms. The number of ether oxygens (including phenoxy) is 1. The van der Waals surface area contributed by atoms with Gasteiger partial charge in [0.1, 0.15) is 17.7 Å². The highest BCUT2D eigenvalue weighted by Crippen LogP contribution is 2.26. The van der Waals surface area contributed by atoms with Crippen molar-refractivity contribution in [2.75, 3.05) is 26.7 Å². The Labute approximate surface area is 166 Å². The zero-order valence-electron chi connectivity index (χ0n) is 17.0. The monoisotopic (exact) mass is 384 g/mol. The molecule has 1 heterocycles. The zero-order valence-corrected chi connectivity index (χ0v) is 17.0. The lowest BCUT2D eigenvalue weighted by Crippen LogP contribution is -2.44. The van der Waals surface area contributed by atoms with E-state index in [2.05, 4.69) is 30.9 Å². The highest BCUT2D eigenvalue weighted by atomic mass is 19.1. The summed E-state index contributed by atoms with van der Waals surface area (Å²) < 4.78 is 20.0. The van der Waals surface area contributed by atoms with Crippen molar-refractivity contribution in [3.05, 3.63) is 65.0 Å². The van der Waals surface area contributed by atoms with Crippen LogP contribution < -0.4 is 4.74 Å². The van der Waals surface area contributed by atoms with Crippen molar-refractivity contribution in [2.45, 2.75) is 39.3 Å². The van der Waals surface area contributed by atoms with E-state index in [1.807, 2.05) is 6.07 Å². The Balaban J connectivity index is 1.47. The number of amides is 1. The average molecular weight is 384 g/mol. The number of hydrogen-bond donors (Lipinski definition) is 0. The van der Waals surface area contributed by atoms with Crippen molar-refractivity contribution in [3.8, 4) is 5.75 Å². The second-order valence-corrected chi connectivity index (χ2v) is 7.66. The van der Waals surface area contributed by atoms with Gasteiger partial charge in [-0.05, 0) is 43.9 Å². The van der Waals surface area contributed by atoms with Gasteiger partial charge in [-0.3, -0.25) is 9.69 Å². The van der Waals surface area contributed by atoms with Gasteiger partial charge >= 0.3 is 0 Å². The molecule has 0 radical (unpaired) electrons. The Morgan fingerprint density at radius 3 is 2.39 bits per heavy atom. The van der Waals surface area contributed by atoms with Gasteiger partial charge in [-0.1, -0.05) is 36.4 Å². The highest BCUT2D eigenvalue weighted by Gasteiger charge is 2.24. The molecule has 150 valence electrons. The van der Waals surface area contributed by atoms with Gasteiger partial charge in [0.05, 0.1) is 6.54 Å².